The smallest absolute Gasteiger partial charge is 0.330 e. The zero-order valence-electron chi connectivity index (χ0n) is 16.3. The number of ether oxygens (including phenoxy) is 2. The molecule has 160 valence electrons. The molecule has 0 saturated carbocycles. The Morgan fingerprint density at radius 3 is 2.70 bits per heavy atom. The summed E-state index contributed by atoms with van der Waals surface area (Å²) in [4.78, 5) is 11.6. The quantitative estimate of drug-likeness (QED) is 0.472. The Morgan fingerprint density at radius 2 is 2.03 bits per heavy atom. The molecule has 0 amide bonds. The summed E-state index contributed by atoms with van der Waals surface area (Å²) in [6, 6.07) is 10.1. The van der Waals surface area contributed by atoms with Gasteiger partial charge in [0.05, 0.1) is 23.1 Å². The number of carbonyl (C=O) groups is 1. The highest BCUT2D eigenvalue weighted by Crippen LogP contribution is 2.40. The third kappa shape index (κ3) is 5.20. The predicted octanol–water partition coefficient (Wildman–Crippen LogP) is 2.70. The van der Waals surface area contributed by atoms with E-state index in [0.29, 0.717) is 23.8 Å². The Bertz CT molecular complexity index is 1050. The van der Waals surface area contributed by atoms with Crippen molar-refractivity contribution in [1.29, 1.82) is 0 Å². The SMILES string of the molecule is CCOC(=O)C=CC1Cc2cc(-c3ccc(S(=O)(=O)NCCO)cc3)cc(Cl)c2O1. The zero-order chi connectivity index (χ0) is 21.7. The van der Waals surface area contributed by atoms with Gasteiger partial charge < -0.3 is 14.6 Å². The summed E-state index contributed by atoms with van der Waals surface area (Å²) in [5.41, 5.74) is 2.52. The van der Waals surface area contributed by atoms with Crippen LogP contribution in [0.15, 0.2) is 53.4 Å². The van der Waals surface area contributed by atoms with E-state index in [1.54, 1.807) is 31.2 Å². The first kappa shape index (κ1) is 22.3. The zero-order valence-corrected chi connectivity index (χ0v) is 17.9. The van der Waals surface area contributed by atoms with Crippen LogP contribution in [0.3, 0.4) is 0 Å². The summed E-state index contributed by atoms with van der Waals surface area (Å²) in [7, 11) is -3.67. The molecule has 0 aliphatic carbocycles. The minimum absolute atomic E-state index is 0.0453. The van der Waals surface area contributed by atoms with Crippen molar-refractivity contribution in [3.05, 3.63) is 59.1 Å². The first-order valence-corrected chi connectivity index (χ1v) is 11.2. The number of carbonyl (C=O) groups excluding carboxylic acids is 1. The van der Waals surface area contributed by atoms with Crippen LogP contribution in [-0.4, -0.2) is 45.4 Å². The van der Waals surface area contributed by atoms with Crippen LogP contribution in [0.4, 0.5) is 0 Å². The summed E-state index contributed by atoms with van der Waals surface area (Å²) in [6.45, 7) is 1.73. The maximum atomic E-state index is 12.1. The number of rotatable bonds is 8. The molecule has 3 rings (SSSR count). The van der Waals surface area contributed by atoms with E-state index in [-0.39, 0.29) is 24.2 Å². The van der Waals surface area contributed by atoms with E-state index in [9.17, 15) is 13.2 Å². The molecule has 2 aromatic carbocycles. The van der Waals surface area contributed by atoms with Gasteiger partial charge in [-0.05, 0) is 48.4 Å². The molecule has 30 heavy (non-hydrogen) atoms. The Labute approximate surface area is 180 Å². The maximum Gasteiger partial charge on any atom is 0.330 e. The maximum absolute atomic E-state index is 12.1. The number of aliphatic hydroxyl groups is 1. The molecule has 1 aliphatic rings. The molecule has 0 aromatic heterocycles. The number of sulfonamides is 1. The van der Waals surface area contributed by atoms with E-state index in [2.05, 4.69) is 4.72 Å². The number of hydrogen-bond acceptors (Lipinski definition) is 6. The molecule has 9 heteroatoms. The molecule has 1 aliphatic heterocycles. The lowest BCUT2D eigenvalue weighted by Crippen LogP contribution is -2.26. The summed E-state index contributed by atoms with van der Waals surface area (Å²) in [6.07, 6.45) is 3.23. The molecule has 0 spiro atoms. The standard InChI is InChI=1S/C21H22ClNO6S/c1-2-28-20(25)8-5-17-12-16-11-15(13-19(22)21(16)29-17)14-3-6-18(7-4-14)30(26,27)23-9-10-24/h3-8,11,13,17,23-24H,2,9-10,12H2,1H3. The largest absolute Gasteiger partial charge is 0.484 e. The fraction of sp³-hybridized carbons (Fsp3) is 0.286. The topological polar surface area (TPSA) is 102 Å². The minimum atomic E-state index is -3.67. The van der Waals surface area contributed by atoms with Gasteiger partial charge >= 0.3 is 5.97 Å². The van der Waals surface area contributed by atoms with Crippen LogP contribution >= 0.6 is 11.6 Å². The molecule has 0 radical (unpaired) electrons. The number of fused-ring (bicyclic) bond motifs is 1. The van der Waals surface area contributed by atoms with Crippen molar-refractivity contribution in [1.82, 2.24) is 4.72 Å². The minimum Gasteiger partial charge on any atom is -0.484 e. The van der Waals surface area contributed by atoms with Crippen LogP contribution in [0.5, 0.6) is 5.75 Å². The van der Waals surface area contributed by atoms with Gasteiger partial charge in [-0.2, -0.15) is 0 Å². The molecule has 2 N–H and O–H groups in total. The van der Waals surface area contributed by atoms with E-state index >= 15 is 0 Å². The van der Waals surface area contributed by atoms with Gasteiger partial charge in [0.25, 0.3) is 0 Å². The average molecular weight is 452 g/mol. The second-order valence-electron chi connectivity index (χ2n) is 6.56. The lowest BCUT2D eigenvalue weighted by molar-refractivity contribution is -0.137. The van der Waals surface area contributed by atoms with Crippen LogP contribution in [0.25, 0.3) is 11.1 Å². The normalized spacial score (nSPS) is 15.8. The molecule has 1 atom stereocenters. The number of aliphatic hydroxyl groups excluding tert-OH is 1. The molecule has 0 fully saturated rings. The Morgan fingerprint density at radius 1 is 1.30 bits per heavy atom. The fourth-order valence-electron chi connectivity index (χ4n) is 3.08. The van der Waals surface area contributed by atoms with Crippen molar-refractivity contribution in [2.75, 3.05) is 19.8 Å². The number of nitrogens with one attached hydrogen (secondary N) is 1. The van der Waals surface area contributed by atoms with Crippen molar-refractivity contribution in [2.45, 2.75) is 24.3 Å². The van der Waals surface area contributed by atoms with Crippen molar-refractivity contribution in [3.8, 4) is 16.9 Å². The molecular formula is C21H22ClNO6S. The highest BCUT2D eigenvalue weighted by Gasteiger charge is 2.24. The van der Waals surface area contributed by atoms with E-state index in [1.165, 1.54) is 18.2 Å². The van der Waals surface area contributed by atoms with E-state index in [1.807, 2.05) is 6.07 Å². The van der Waals surface area contributed by atoms with Crippen LogP contribution in [0.1, 0.15) is 12.5 Å². The van der Waals surface area contributed by atoms with Gasteiger partial charge in [-0.3, -0.25) is 0 Å². The lowest BCUT2D eigenvalue weighted by Gasteiger charge is -2.09. The Kier molecular flexibility index (Phi) is 7.14. The summed E-state index contributed by atoms with van der Waals surface area (Å²) < 4.78 is 37.3. The van der Waals surface area contributed by atoms with Crippen LogP contribution < -0.4 is 9.46 Å². The van der Waals surface area contributed by atoms with Crippen molar-refractivity contribution < 1.29 is 27.8 Å². The third-order valence-corrected chi connectivity index (χ3v) is 6.20. The van der Waals surface area contributed by atoms with Gasteiger partial charge in [0.15, 0.2) is 0 Å². The summed E-state index contributed by atoms with van der Waals surface area (Å²) >= 11 is 6.39. The number of hydrogen-bond donors (Lipinski definition) is 2. The van der Waals surface area contributed by atoms with Gasteiger partial charge in [-0.1, -0.05) is 23.7 Å². The Balaban J connectivity index is 1.78. The van der Waals surface area contributed by atoms with E-state index < -0.39 is 16.0 Å². The molecule has 0 bridgehead atoms. The van der Waals surface area contributed by atoms with Gasteiger partial charge in [0.1, 0.15) is 11.9 Å². The van der Waals surface area contributed by atoms with Crippen LogP contribution in [-0.2, 0) is 26.0 Å². The first-order chi connectivity index (χ1) is 14.3. The number of benzene rings is 2. The molecule has 7 nitrogen and oxygen atoms in total. The highest BCUT2D eigenvalue weighted by atomic mass is 35.5. The van der Waals surface area contributed by atoms with Gasteiger partial charge in [0.2, 0.25) is 10.0 Å². The summed E-state index contributed by atoms with van der Waals surface area (Å²) in [5, 5.41) is 9.24. The van der Waals surface area contributed by atoms with Crippen molar-refractivity contribution >= 4 is 27.6 Å². The van der Waals surface area contributed by atoms with E-state index in [4.69, 9.17) is 26.2 Å². The molecule has 0 saturated heterocycles. The predicted molar refractivity (Wildman–Crippen MR) is 113 cm³/mol. The summed E-state index contributed by atoms with van der Waals surface area (Å²) in [5.74, 6) is 0.152. The van der Waals surface area contributed by atoms with Crippen molar-refractivity contribution in [2.24, 2.45) is 0 Å². The van der Waals surface area contributed by atoms with Gasteiger partial charge in [0, 0.05) is 24.6 Å². The first-order valence-electron chi connectivity index (χ1n) is 9.39. The van der Waals surface area contributed by atoms with E-state index in [0.717, 1.165) is 16.7 Å². The number of halogens is 1. The Hall–Kier alpha value is -2.39. The highest BCUT2D eigenvalue weighted by molar-refractivity contribution is 7.89. The molecule has 1 heterocycles. The molecular weight excluding hydrogens is 430 g/mol. The van der Waals surface area contributed by atoms with Gasteiger partial charge in [-0.15, -0.1) is 0 Å². The van der Waals surface area contributed by atoms with Crippen molar-refractivity contribution in [3.63, 3.8) is 0 Å². The molecule has 2 aromatic rings. The molecule has 1 unspecified atom stereocenters. The van der Waals surface area contributed by atoms with Crippen LogP contribution in [0, 0.1) is 0 Å². The monoisotopic (exact) mass is 451 g/mol. The second kappa shape index (κ2) is 9.61. The van der Waals surface area contributed by atoms with Gasteiger partial charge in [-0.25, -0.2) is 17.9 Å². The van der Waals surface area contributed by atoms with Crippen LogP contribution in [0.2, 0.25) is 5.02 Å². The lowest BCUT2D eigenvalue weighted by atomic mass is 10.0. The third-order valence-electron chi connectivity index (χ3n) is 4.45. The fourth-order valence-corrected chi connectivity index (χ4v) is 4.39. The second-order valence-corrected chi connectivity index (χ2v) is 8.74. The number of esters is 1. The average Bonchev–Trinajstić information content (AvgIpc) is 3.15.